The summed E-state index contributed by atoms with van der Waals surface area (Å²) in [4.78, 5) is 4.31. The maximum absolute atomic E-state index is 12.2. The van der Waals surface area contributed by atoms with Crippen LogP contribution < -0.4 is 15.5 Å². The Kier molecular flexibility index (Phi) is 4.70. The van der Waals surface area contributed by atoms with Crippen molar-refractivity contribution in [2.45, 2.75) is 6.18 Å². The van der Waals surface area contributed by atoms with Crippen LogP contribution in [0.3, 0.4) is 0 Å². The Hall–Kier alpha value is -1.14. The van der Waals surface area contributed by atoms with Gasteiger partial charge in [-0.3, -0.25) is 0 Å². The zero-order valence-corrected chi connectivity index (χ0v) is 8.48. The molecule has 0 saturated carbocycles. The molecule has 15 heavy (non-hydrogen) atoms. The topological polar surface area (TPSA) is 44.5 Å². The molecule has 0 heterocycles. The fraction of sp³-hybridized carbons (Fsp3) is 0.250. The molecule has 0 aliphatic carbocycles. The second-order valence-corrected chi connectivity index (χ2v) is 2.48. The molecule has 7 heteroatoms. The molecule has 0 aliphatic heterocycles. The molecule has 0 fully saturated rings. The standard InChI is InChI=1S/C8H8F3NO2.ClH/c1-13-7-4-5(8(9,10)11)2-3-6(7)14-12;/h2-4H,12H2,1H3;1H. The van der Waals surface area contributed by atoms with Gasteiger partial charge < -0.3 is 9.57 Å². The highest BCUT2D eigenvalue weighted by Gasteiger charge is 2.31. The zero-order valence-electron chi connectivity index (χ0n) is 7.67. The van der Waals surface area contributed by atoms with Crippen molar-refractivity contribution in [1.29, 1.82) is 0 Å². The van der Waals surface area contributed by atoms with Gasteiger partial charge in [0.15, 0.2) is 11.5 Å². The van der Waals surface area contributed by atoms with E-state index in [-0.39, 0.29) is 23.9 Å². The fourth-order valence-electron chi connectivity index (χ4n) is 0.941. The second kappa shape index (κ2) is 5.09. The molecule has 0 spiro atoms. The minimum absolute atomic E-state index is 0. The van der Waals surface area contributed by atoms with Gasteiger partial charge in [0.2, 0.25) is 0 Å². The third-order valence-electron chi connectivity index (χ3n) is 1.62. The molecule has 1 rings (SSSR count). The summed E-state index contributed by atoms with van der Waals surface area (Å²) in [7, 11) is 1.23. The molecular weight excluding hydrogens is 235 g/mol. The minimum atomic E-state index is -4.40. The van der Waals surface area contributed by atoms with Gasteiger partial charge in [-0.15, -0.1) is 12.4 Å². The number of benzene rings is 1. The van der Waals surface area contributed by atoms with Crippen molar-refractivity contribution in [3.05, 3.63) is 23.8 Å². The number of nitrogens with two attached hydrogens (primary N) is 1. The molecule has 0 bridgehead atoms. The summed E-state index contributed by atoms with van der Waals surface area (Å²) in [5.74, 6) is 4.83. The molecule has 3 nitrogen and oxygen atoms in total. The first kappa shape index (κ1) is 13.9. The first-order chi connectivity index (χ1) is 6.49. The van der Waals surface area contributed by atoms with Crippen molar-refractivity contribution >= 4 is 12.4 Å². The molecule has 0 radical (unpaired) electrons. The van der Waals surface area contributed by atoms with Gasteiger partial charge in [0, 0.05) is 0 Å². The van der Waals surface area contributed by atoms with Crippen LogP contribution in [0.25, 0.3) is 0 Å². The number of methoxy groups -OCH3 is 1. The Morgan fingerprint density at radius 2 is 1.80 bits per heavy atom. The van der Waals surface area contributed by atoms with E-state index in [0.29, 0.717) is 0 Å². The van der Waals surface area contributed by atoms with Crippen LogP contribution in [0.1, 0.15) is 5.56 Å². The van der Waals surface area contributed by atoms with Gasteiger partial charge in [0.05, 0.1) is 12.7 Å². The van der Waals surface area contributed by atoms with Gasteiger partial charge in [-0.1, -0.05) is 0 Å². The molecule has 0 aromatic heterocycles. The average Bonchev–Trinajstić information content (AvgIpc) is 2.15. The van der Waals surface area contributed by atoms with Crippen LogP contribution in [0.2, 0.25) is 0 Å². The van der Waals surface area contributed by atoms with E-state index in [2.05, 4.69) is 9.57 Å². The van der Waals surface area contributed by atoms with Crippen LogP contribution in [0, 0.1) is 0 Å². The molecule has 0 atom stereocenters. The maximum atomic E-state index is 12.2. The highest BCUT2D eigenvalue weighted by Crippen LogP contribution is 2.35. The predicted molar refractivity (Wildman–Crippen MR) is 50.1 cm³/mol. The van der Waals surface area contributed by atoms with Crippen LogP contribution >= 0.6 is 12.4 Å². The molecule has 0 saturated heterocycles. The number of hydrogen-bond acceptors (Lipinski definition) is 3. The summed E-state index contributed by atoms with van der Waals surface area (Å²) in [5.41, 5.74) is -0.810. The molecule has 86 valence electrons. The van der Waals surface area contributed by atoms with Crippen molar-refractivity contribution in [1.82, 2.24) is 0 Å². The van der Waals surface area contributed by atoms with Gasteiger partial charge >= 0.3 is 6.18 Å². The summed E-state index contributed by atoms with van der Waals surface area (Å²) in [6.45, 7) is 0. The Labute approximate surface area is 90.3 Å². The van der Waals surface area contributed by atoms with E-state index in [9.17, 15) is 13.2 Å². The normalized spacial score (nSPS) is 10.5. The van der Waals surface area contributed by atoms with Crippen molar-refractivity contribution in [3.8, 4) is 11.5 Å². The van der Waals surface area contributed by atoms with E-state index in [0.717, 1.165) is 18.2 Å². The summed E-state index contributed by atoms with van der Waals surface area (Å²) < 4.78 is 41.3. The predicted octanol–water partition coefficient (Wildman–Crippen LogP) is 2.39. The van der Waals surface area contributed by atoms with Crippen LogP contribution in [0.15, 0.2) is 18.2 Å². The molecule has 1 aromatic rings. The summed E-state index contributed by atoms with van der Waals surface area (Å²) >= 11 is 0. The van der Waals surface area contributed by atoms with Crippen LogP contribution in [0.5, 0.6) is 11.5 Å². The van der Waals surface area contributed by atoms with E-state index in [1.54, 1.807) is 0 Å². The van der Waals surface area contributed by atoms with Crippen LogP contribution in [-0.4, -0.2) is 7.11 Å². The monoisotopic (exact) mass is 243 g/mol. The lowest BCUT2D eigenvalue weighted by Crippen LogP contribution is -2.07. The molecule has 1 aromatic carbocycles. The number of ether oxygens (including phenoxy) is 1. The van der Waals surface area contributed by atoms with E-state index in [1.165, 1.54) is 7.11 Å². The second-order valence-electron chi connectivity index (χ2n) is 2.48. The fourth-order valence-corrected chi connectivity index (χ4v) is 0.941. The zero-order chi connectivity index (χ0) is 10.8. The summed E-state index contributed by atoms with van der Waals surface area (Å²) in [5, 5.41) is 0. The van der Waals surface area contributed by atoms with Crippen LogP contribution in [0.4, 0.5) is 13.2 Å². The lowest BCUT2D eigenvalue weighted by molar-refractivity contribution is -0.137. The SMILES string of the molecule is COc1cc(C(F)(F)F)ccc1ON.Cl. The maximum Gasteiger partial charge on any atom is 0.416 e. The largest absolute Gasteiger partial charge is 0.493 e. The minimum Gasteiger partial charge on any atom is -0.493 e. The molecule has 2 N–H and O–H groups in total. The third kappa shape index (κ3) is 3.17. The van der Waals surface area contributed by atoms with Crippen molar-refractivity contribution in [2.75, 3.05) is 7.11 Å². The van der Waals surface area contributed by atoms with Gasteiger partial charge in [0.25, 0.3) is 0 Å². The Morgan fingerprint density at radius 1 is 1.20 bits per heavy atom. The van der Waals surface area contributed by atoms with Gasteiger partial charge in [-0.05, 0) is 18.2 Å². The summed E-state index contributed by atoms with van der Waals surface area (Å²) in [6.07, 6.45) is -4.40. The van der Waals surface area contributed by atoms with Crippen molar-refractivity contribution < 1.29 is 22.7 Å². The molecule has 0 amide bonds. The Morgan fingerprint density at radius 3 is 2.20 bits per heavy atom. The average molecular weight is 244 g/mol. The smallest absolute Gasteiger partial charge is 0.416 e. The lowest BCUT2D eigenvalue weighted by Gasteiger charge is -2.10. The quantitative estimate of drug-likeness (QED) is 0.811. The highest BCUT2D eigenvalue weighted by molar-refractivity contribution is 5.85. The molecule has 0 unspecified atom stereocenters. The van der Waals surface area contributed by atoms with Crippen molar-refractivity contribution in [2.24, 2.45) is 5.90 Å². The Balaban J connectivity index is 0.00000196. The number of alkyl halides is 3. The van der Waals surface area contributed by atoms with Crippen LogP contribution in [-0.2, 0) is 6.18 Å². The highest BCUT2D eigenvalue weighted by atomic mass is 35.5. The Bertz CT molecular complexity index is 330. The first-order valence-electron chi connectivity index (χ1n) is 3.61. The van der Waals surface area contributed by atoms with E-state index < -0.39 is 11.7 Å². The molecular formula is C8H9ClF3NO2. The number of hydrogen-bond donors (Lipinski definition) is 1. The van der Waals surface area contributed by atoms with Crippen molar-refractivity contribution in [3.63, 3.8) is 0 Å². The molecule has 0 aliphatic rings. The van der Waals surface area contributed by atoms with E-state index >= 15 is 0 Å². The van der Waals surface area contributed by atoms with Gasteiger partial charge in [-0.2, -0.15) is 19.1 Å². The lowest BCUT2D eigenvalue weighted by atomic mass is 10.2. The first-order valence-corrected chi connectivity index (χ1v) is 3.61. The third-order valence-corrected chi connectivity index (χ3v) is 1.62. The summed E-state index contributed by atoms with van der Waals surface area (Å²) in [6, 6.07) is 2.79. The van der Waals surface area contributed by atoms with E-state index in [1.807, 2.05) is 0 Å². The van der Waals surface area contributed by atoms with E-state index in [4.69, 9.17) is 5.90 Å². The number of rotatable bonds is 2. The number of halogens is 4. The van der Waals surface area contributed by atoms with Gasteiger partial charge in [-0.25, -0.2) is 0 Å². The van der Waals surface area contributed by atoms with Gasteiger partial charge in [0.1, 0.15) is 0 Å².